The summed E-state index contributed by atoms with van der Waals surface area (Å²) in [4.78, 5) is 19.1. The maximum atomic E-state index is 12.8. The van der Waals surface area contributed by atoms with Crippen molar-refractivity contribution in [2.75, 3.05) is 11.5 Å². The molecule has 2 heterocycles. The van der Waals surface area contributed by atoms with Gasteiger partial charge >= 0.3 is 0 Å². The predicted octanol–water partition coefficient (Wildman–Crippen LogP) is 2.13. The second-order valence-electron chi connectivity index (χ2n) is 6.72. The van der Waals surface area contributed by atoms with E-state index in [9.17, 15) is 13.2 Å². The van der Waals surface area contributed by atoms with Gasteiger partial charge in [-0.25, -0.2) is 13.4 Å². The van der Waals surface area contributed by atoms with Gasteiger partial charge in [0.1, 0.15) is 5.69 Å². The number of rotatable bonds is 5. The normalized spacial score (nSPS) is 23.9. The zero-order valence-electron chi connectivity index (χ0n) is 13.0. The SMILES string of the molecule is CC(C)Cc1nc(C(=O)N(C2CC2)C2CCS(=O)(=O)C2)cs1. The van der Waals surface area contributed by atoms with Crippen LogP contribution < -0.4 is 0 Å². The minimum absolute atomic E-state index is 0.0872. The van der Waals surface area contributed by atoms with Crippen LogP contribution in [-0.4, -0.2) is 47.8 Å². The Hall–Kier alpha value is -0.950. The molecule has 7 heteroatoms. The molecule has 5 nitrogen and oxygen atoms in total. The smallest absolute Gasteiger partial charge is 0.273 e. The van der Waals surface area contributed by atoms with Crippen LogP contribution in [0.1, 0.15) is 48.6 Å². The van der Waals surface area contributed by atoms with Crippen LogP contribution in [-0.2, 0) is 16.3 Å². The summed E-state index contributed by atoms with van der Waals surface area (Å²) in [5.41, 5.74) is 0.483. The van der Waals surface area contributed by atoms with E-state index in [4.69, 9.17) is 0 Å². The number of aromatic nitrogens is 1. The van der Waals surface area contributed by atoms with Gasteiger partial charge in [0, 0.05) is 23.9 Å². The van der Waals surface area contributed by atoms with E-state index in [1.165, 1.54) is 11.3 Å². The molecule has 3 rings (SSSR count). The molecule has 0 bridgehead atoms. The largest absolute Gasteiger partial charge is 0.330 e. The molecule has 122 valence electrons. The van der Waals surface area contributed by atoms with Crippen LogP contribution in [0.3, 0.4) is 0 Å². The van der Waals surface area contributed by atoms with E-state index in [1.54, 1.807) is 4.90 Å². The van der Waals surface area contributed by atoms with E-state index in [0.717, 1.165) is 24.3 Å². The number of sulfone groups is 1. The first-order valence-electron chi connectivity index (χ1n) is 7.83. The van der Waals surface area contributed by atoms with Gasteiger partial charge in [-0.1, -0.05) is 13.8 Å². The lowest BCUT2D eigenvalue weighted by Crippen LogP contribution is -2.42. The average molecular weight is 342 g/mol. The quantitative estimate of drug-likeness (QED) is 0.822. The molecule has 2 aliphatic rings. The van der Waals surface area contributed by atoms with Crippen molar-refractivity contribution in [2.24, 2.45) is 5.92 Å². The van der Waals surface area contributed by atoms with Crippen LogP contribution in [0.5, 0.6) is 0 Å². The maximum absolute atomic E-state index is 12.8. The third-order valence-corrected chi connectivity index (χ3v) is 6.75. The molecule has 0 radical (unpaired) electrons. The molecule has 0 spiro atoms. The Balaban J connectivity index is 1.77. The van der Waals surface area contributed by atoms with Gasteiger partial charge in [0.15, 0.2) is 9.84 Å². The highest BCUT2D eigenvalue weighted by Crippen LogP contribution is 2.33. The van der Waals surface area contributed by atoms with Gasteiger partial charge in [-0.05, 0) is 25.2 Å². The summed E-state index contributed by atoms with van der Waals surface area (Å²) in [5, 5.41) is 2.80. The predicted molar refractivity (Wildman–Crippen MR) is 86.9 cm³/mol. The van der Waals surface area contributed by atoms with E-state index < -0.39 is 9.84 Å². The fourth-order valence-corrected chi connectivity index (χ4v) is 5.65. The highest BCUT2D eigenvalue weighted by Gasteiger charge is 2.42. The van der Waals surface area contributed by atoms with Gasteiger partial charge < -0.3 is 4.90 Å². The van der Waals surface area contributed by atoms with Crippen molar-refractivity contribution in [1.82, 2.24) is 9.88 Å². The molecule has 1 aromatic heterocycles. The second kappa shape index (κ2) is 5.92. The molecule has 1 aliphatic carbocycles. The standard InChI is InChI=1S/C15H22N2O3S2/c1-10(2)7-14-16-13(8-21-14)15(18)17(11-3-4-11)12-5-6-22(19,20)9-12/h8,10-12H,3-7,9H2,1-2H3. The monoisotopic (exact) mass is 342 g/mol. The third kappa shape index (κ3) is 3.51. The fourth-order valence-electron chi connectivity index (χ4n) is 2.96. The molecule has 1 atom stereocenters. The Kier molecular flexibility index (Phi) is 4.29. The van der Waals surface area contributed by atoms with Gasteiger partial charge in [-0.15, -0.1) is 11.3 Å². The van der Waals surface area contributed by atoms with Gasteiger partial charge in [-0.3, -0.25) is 4.79 Å². The molecule has 0 aromatic carbocycles. The number of amides is 1. The van der Waals surface area contributed by atoms with E-state index in [2.05, 4.69) is 18.8 Å². The Morgan fingerprint density at radius 1 is 1.36 bits per heavy atom. The van der Waals surface area contributed by atoms with Crippen molar-refractivity contribution in [3.8, 4) is 0 Å². The van der Waals surface area contributed by atoms with Crippen LogP contribution in [0.2, 0.25) is 0 Å². The van der Waals surface area contributed by atoms with Crippen molar-refractivity contribution in [2.45, 2.75) is 51.6 Å². The Labute approximate surface area is 135 Å². The third-order valence-electron chi connectivity index (χ3n) is 4.13. The van der Waals surface area contributed by atoms with Gasteiger partial charge in [0.05, 0.1) is 16.5 Å². The van der Waals surface area contributed by atoms with Crippen molar-refractivity contribution in [3.05, 3.63) is 16.1 Å². The van der Waals surface area contributed by atoms with E-state index in [0.29, 0.717) is 18.0 Å². The Morgan fingerprint density at radius 3 is 2.64 bits per heavy atom. The molecule has 2 fully saturated rings. The molecule has 0 N–H and O–H groups in total. The van der Waals surface area contributed by atoms with Crippen molar-refractivity contribution in [3.63, 3.8) is 0 Å². The average Bonchev–Trinajstić information content (AvgIpc) is 3.03. The first-order valence-corrected chi connectivity index (χ1v) is 10.5. The first kappa shape index (κ1) is 15.9. The Bertz CT molecular complexity index is 662. The zero-order valence-corrected chi connectivity index (χ0v) is 14.6. The van der Waals surface area contributed by atoms with Crippen LogP contribution in [0.15, 0.2) is 5.38 Å². The van der Waals surface area contributed by atoms with Crippen LogP contribution in [0.25, 0.3) is 0 Å². The van der Waals surface area contributed by atoms with E-state index in [-0.39, 0.29) is 29.5 Å². The van der Waals surface area contributed by atoms with Crippen molar-refractivity contribution in [1.29, 1.82) is 0 Å². The molecule has 1 saturated heterocycles. The zero-order chi connectivity index (χ0) is 15.9. The van der Waals surface area contributed by atoms with Crippen molar-refractivity contribution < 1.29 is 13.2 Å². The second-order valence-corrected chi connectivity index (χ2v) is 9.90. The molecule has 1 aromatic rings. The van der Waals surface area contributed by atoms with Gasteiger partial charge in [0.2, 0.25) is 0 Å². The summed E-state index contributed by atoms with van der Waals surface area (Å²) in [7, 11) is -2.98. The lowest BCUT2D eigenvalue weighted by Gasteiger charge is -2.27. The lowest BCUT2D eigenvalue weighted by molar-refractivity contribution is 0.0675. The number of carbonyl (C=O) groups excluding carboxylic acids is 1. The number of thiazole rings is 1. The molecule has 1 saturated carbocycles. The Morgan fingerprint density at radius 2 is 2.09 bits per heavy atom. The van der Waals surface area contributed by atoms with Crippen LogP contribution >= 0.6 is 11.3 Å². The lowest BCUT2D eigenvalue weighted by atomic mass is 10.1. The van der Waals surface area contributed by atoms with Crippen LogP contribution in [0, 0.1) is 5.92 Å². The topological polar surface area (TPSA) is 67.3 Å². The summed E-state index contributed by atoms with van der Waals surface area (Å²) in [6.45, 7) is 4.26. The van der Waals surface area contributed by atoms with E-state index in [1.807, 2.05) is 5.38 Å². The summed E-state index contributed by atoms with van der Waals surface area (Å²) in [6, 6.07) is 0.0429. The number of hydrogen-bond donors (Lipinski definition) is 0. The van der Waals surface area contributed by atoms with Gasteiger partial charge in [0.25, 0.3) is 5.91 Å². The first-order chi connectivity index (χ1) is 10.4. The van der Waals surface area contributed by atoms with Gasteiger partial charge in [-0.2, -0.15) is 0 Å². The fraction of sp³-hybridized carbons (Fsp3) is 0.733. The minimum atomic E-state index is -2.98. The summed E-state index contributed by atoms with van der Waals surface area (Å²) in [5.74, 6) is 0.728. The number of hydrogen-bond acceptors (Lipinski definition) is 5. The molecular weight excluding hydrogens is 320 g/mol. The minimum Gasteiger partial charge on any atom is -0.330 e. The van der Waals surface area contributed by atoms with Crippen molar-refractivity contribution >= 4 is 27.1 Å². The summed E-state index contributed by atoms with van der Waals surface area (Å²) >= 11 is 1.52. The molecule has 1 unspecified atom stereocenters. The molecule has 22 heavy (non-hydrogen) atoms. The number of nitrogens with zero attached hydrogens (tertiary/aromatic N) is 2. The molecular formula is C15H22N2O3S2. The molecule has 1 aliphatic heterocycles. The van der Waals surface area contributed by atoms with E-state index >= 15 is 0 Å². The highest BCUT2D eigenvalue weighted by molar-refractivity contribution is 7.91. The molecule has 1 amide bonds. The summed E-state index contributed by atoms with van der Waals surface area (Å²) < 4.78 is 23.4. The summed E-state index contributed by atoms with van der Waals surface area (Å²) in [6.07, 6.45) is 3.39. The van der Waals surface area contributed by atoms with Crippen LogP contribution in [0.4, 0.5) is 0 Å². The number of carbonyl (C=O) groups is 1. The maximum Gasteiger partial charge on any atom is 0.273 e. The highest BCUT2D eigenvalue weighted by atomic mass is 32.2.